The molecule has 50 heavy (non-hydrogen) atoms. The van der Waals surface area contributed by atoms with Gasteiger partial charge in [-0.3, -0.25) is 4.98 Å². The first-order valence-electron chi connectivity index (χ1n) is 17.0. The van der Waals surface area contributed by atoms with Crippen LogP contribution in [0.4, 0.5) is 17.1 Å². The highest BCUT2D eigenvalue weighted by Crippen LogP contribution is 2.43. The second-order valence-electron chi connectivity index (χ2n) is 12.8. The van der Waals surface area contributed by atoms with Crippen molar-refractivity contribution in [3.05, 3.63) is 182 Å². The van der Waals surface area contributed by atoms with Gasteiger partial charge in [-0.15, -0.1) is 0 Å². The SMILES string of the molecule is c1ccc(N(c2ccc(-c3cccc4ccccc34)cc2)c2ccc3c(cnc4c5ccccc5oc34)c2)c(-c2ccc3ccccc3c2)c1. The molecule has 3 nitrogen and oxygen atoms in total. The summed E-state index contributed by atoms with van der Waals surface area (Å²) in [5, 5.41) is 8.04. The van der Waals surface area contributed by atoms with E-state index < -0.39 is 0 Å². The van der Waals surface area contributed by atoms with Crippen LogP contribution in [0.5, 0.6) is 0 Å². The van der Waals surface area contributed by atoms with E-state index in [1.165, 1.54) is 38.2 Å². The first-order chi connectivity index (χ1) is 24.8. The maximum atomic E-state index is 6.36. The Morgan fingerprint density at radius 2 is 1.10 bits per heavy atom. The molecule has 234 valence electrons. The second kappa shape index (κ2) is 11.5. The van der Waals surface area contributed by atoms with Gasteiger partial charge in [-0.2, -0.15) is 0 Å². The van der Waals surface area contributed by atoms with Crippen molar-refractivity contribution in [3.63, 3.8) is 0 Å². The Morgan fingerprint density at radius 1 is 0.420 bits per heavy atom. The zero-order valence-electron chi connectivity index (χ0n) is 27.1. The van der Waals surface area contributed by atoms with E-state index in [-0.39, 0.29) is 0 Å². The summed E-state index contributed by atoms with van der Waals surface area (Å²) in [6.45, 7) is 0. The lowest BCUT2D eigenvalue weighted by Gasteiger charge is -2.28. The van der Waals surface area contributed by atoms with Gasteiger partial charge in [0.15, 0.2) is 5.58 Å². The lowest BCUT2D eigenvalue weighted by Crippen LogP contribution is -2.11. The van der Waals surface area contributed by atoms with Crippen LogP contribution in [0.2, 0.25) is 0 Å². The number of hydrogen-bond donors (Lipinski definition) is 0. The molecule has 0 unspecified atom stereocenters. The predicted molar refractivity (Wildman–Crippen MR) is 210 cm³/mol. The fourth-order valence-corrected chi connectivity index (χ4v) is 7.44. The van der Waals surface area contributed by atoms with Crippen LogP contribution in [0.1, 0.15) is 0 Å². The van der Waals surface area contributed by atoms with Crippen molar-refractivity contribution >= 4 is 71.4 Å². The molecule has 0 aliphatic heterocycles. The Bertz CT molecular complexity index is 2880. The topological polar surface area (TPSA) is 29.3 Å². The van der Waals surface area contributed by atoms with Crippen LogP contribution in [0, 0.1) is 0 Å². The highest BCUT2D eigenvalue weighted by atomic mass is 16.3. The van der Waals surface area contributed by atoms with Gasteiger partial charge < -0.3 is 9.32 Å². The molecule has 0 saturated carbocycles. The smallest absolute Gasteiger partial charge is 0.161 e. The maximum absolute atomic E-state index is 6.36. The summed E-state index contributed by atoms with van der Waals surface area (Å²) < 4.78 is 6.36. The minimum absolute atomic E-state index is 0.817. The van der Waals surface area contributed by atoms with E-state index in [4.69, 9.17) is 9.40 Å². The second-order valence-corrected chi connectivity index (χ2v) is 12.8. The highest BCUT2D eigenvalue weighted by molar-refractivity contribution is 6.13. The van der Waals surface area contributed by atoms with Gasteiger partial charge in [0, 0.05) is 39.3 Å². The van der Waals surface area contributed by atoms with Gasteiger partial charge in [0.25, 0.3) is 0 Å². The fraction of sp³-hybridized carbons (Fsp3) is 0. The minimum atomic E-state index is 0.817. The fourth-order valence-electron chi connectivity index (χ4n) is 7.44. The number of hydrogen-bond acceptors (Lipinski definition) is 3. The number of anilines is 3. The molecule has 0 N–H and O–H groups in total. The van der Waals surface area contributed by atoms with Crippen molar-refractivity contribution in [3.8, 4) is 22.3 Å². The monoisotopic (exact) mass is 638 g/mol. The summed E-state index contributed by atoms with van der Waals surface area (Å²) in [5.41, 5.74) is 10.5. The summed E-state index contributed by atoms with van der Waals surface area (Å²) in [6.07, 6.45) is 1.97. The molecule has 3 heteroatoms. The van der Waals surface area contributed by atoms with Crippen LogP contribution in [0.25, 0.3) is 76.6 Å². The summed E-state index contributed by atoms with van der Waals surface area (Å²) in [4.78, 5) is 7.26. The van der Waals surface area contributed by atoms with Gasteiger partial charge in [-0.25, -0.2) is 0 Å². The van der Waals surface area contributed by atoms with Gasteiger partial charge in [-0.1, -0.05) is 121 Å². The van der Waals surface area contributed by atoms with Crippen LogP contribution < -0.4 is 4.90 Å². The zero-order valence-corrected chi connectivity index (χ0v) is 27.1. The number of furan rings is 1. The lowest BCUT2D eigenvalue weighted by molar-refractivity contribution is 0.672. The molecule has 8 aromatic carbocycles. The van der Waals surface area contributed by atoms with E-state index in [1.807, 2.05) is 24.4 Å². The van der Waals surface area contributed by atoms with Gasteiger partial charge in [-0.05, 0) is 92.8 Å². The van der Waals surface area contributed by atoms with Crippen LogP contribution in [0.15, 0.2) is 187 Å². The van der Waals surface area contributed by atoms with Crippen molar-refractivity contribution in [1.82, 2.24) is 4.98 Å². The molecule has 10 rings (SSSR count). The number of rotatable bonds is 5. The lowest BCUT2D eigenvalue weighted by atomic mass is 9.97. The molecule has 0 fully saturated rings. The average molecular weight is 639 g/mol. The molecule has 0 amide bonds. The number of para-hydroxylation sites is 2. The zero-order chi connectivity index (χ0) is 33.0. The molecular weight excluding hydrogens is 609 g/mol. The number of benzene rings is 8. The quantitative estimate of drug-likeness (QED) is 0.188. The minimum Gasteiger partial charge on any atom is -0.454 e. The molecule has 10 aromatic rings. The van der Waals surface area contributed by atoms with Crippen LogP contribution in [0.3, 0.4) is 0 Å². The summed E-state index contributed by atoms with van der Waals surface area (Å²) in [5.74, 6) is 0. The van der Waals surface area contributed by atoms with Crippen LogP contribution in [-0.2, 0) is 0 Å². The molecule has 0 radical (unpaired) electrons. The van der Waals surface area contributed by atoms with Crippen LogP contribution >= 0.6 is 0 Å². The molecular formula is C47H30N2O. The third-order valence-corrected chi connectivity index (χ3v) is 9.87. The van der Waals surface area contributed by atoms with Gasteiger partial charge in [0.2, 0.25) is 0 Å². The van der Waals surface area contributed by atoms with Crippen molar-refractivity contribution in [2.75, 3.05) is 4.90 Å². The Labute approximate surface area is 289 Å². The van der Waals surface area contributed by atoms with Gasteiger partial charge in [0.1, 0.15) is 11.1 Å². The molecule has 0 atom stereocenters. The summed E-state index contributed by atoms with van der Waals surface area (Å²) in [6, 6.07) is 62.7. The Balaban J connectivity index is 1.16. The Morgan fingerprint density at radius 3 is 2.00 bits per heavy atom. The summed E-state index contributed by atoms with van der Waals surface area (Å²) >= 11 is 0. The number of pyridine rings is 1. The summed E-state index contributed by atoms with van der Waals surface area (Å²) in [7, 11) is 0. The van der Waals surface area contributed by atoms with E-state index in [9.17, 15) is 0 Å². The highest BCUT2D eigenvalue weighted by Gasteiger charge is 2.19. The average Bonchev–Trinajstić information content (AvgIpc) is 3.57. The van der Waals surface area contributed by atoms with Crippen molar-refractivity contribution < 1.29 is 4.42 Å². The standard InChI is InChI=1S/C47H30N2O/c1-2-12-34-28-35(21-20-31(34)10-1)41-15-5-7-18-44(41)49(37-24-22-33(23-25-37)40-17-9-13-32-11-3-4-14-39(32)40)38-26-27-42-36(29-38)30-48-46-43-16-6-8-19-45(43)50-47(42)46/h1-30H. The normalized spacial score (nSPS) is 11.6. The van der Waals surface area contributed by atoms with E-state index in [2.05, 4.69) is 163 Å². The predicted octanol–water partition coefficient (Wildman–Crippen LogP) is 13.2. The van der Waals surface area contributed by atoms with Gasteiger partial charge in [0.05, 0.1) is 5.69 Å². The first kappa shape index (κ1) is 28.3. The molecule has 0 bridgehead atoms. The maximum Gasteiger partial charge on any atom is 0.161 e. The molecule has 0 aliphatic rings. The molecule has 0 aliphatic carbocycles. The van der Waals surface area contributed by atoms with Gasteiger partial charge >= 0.3 is 0 Å². The van der Waals surface area contributed by atoms with E-state index in [0.717, 1.165) is 55.5 Å². The van der Waals surface area contributed by atoms with E-state index >= 15 is 0 Å². The third kappa shape index (κ3) is 4.63. The van der Waals surface area contributed by atoms with E-state index in [1.54, 1.807) is 0 Å². The van der Waals surface area contributed by atoms with Crippen molar-refractivity contribution in [1.29, 1.82) is 0 Å². The van der Waals surface area contributed by atoms with Crippen molar-refractivity contribution in [2.45, 2.75) is 0 Å². The first-order valence-corrected chi connectivity index (χ1v) is 17.0. The molecule has 2 aromatic heterocycles. The molecule has 0 saturated heterocycles. The Kier molecular flexibility index (Phi) is 6.49. The number of aromatic nitrogens is 1. The van der Waals surface area contributed by atoms with Crippen molar-refractivity contribution in [2.24, 2.45) is 0 Å². The van der Waals surface area contributed by atoms with E-state index in [0.29, 0.717) is 0 Å². The number of fused-ring (bicyclic) bond motifs is 7. The Hall–Kier alpha value is -6.71. The third-order valence-electron chi connectivity index (χ3n) is 9.87. The number of nitrogens with zero attached hydrogens (tertiary/aromatic N) is 2. The largest absolute Gasteiger partial charge is 0.454 e. The molecule has 0 spiro atoms. The molecule has 2 heterocycles. The van der Waals surface area contributed by atoms with Crippen LogP contribution in [-0.4, -0.2) is 4.98 Å².